The van der Waals surface area contributed by atoms with Crippen molar-refractivity contribution in [3.8, 4) is 34.3 Å². The van der Waals surface area contributed by atoms with Crippen molar-refractivity contribution in [1.82, 2.24) is 24.9 Å². The molecule has 0 N–H and O–H groups in total. The zero-order valence-corrected chi connectivity index (χ0v) is 21.2. The highest BCUT2D eigenvalue weighted by molar-refractivity contribution is 5.94. The quantitative estimate of drug-likeness (QED) is 0.312. The van der Waals surface area contributed by atoms with Gasteiger partial charge in [0.05, 0.1) is 18.5 Å². The van der Waals surface area contributed by atoms with Crippen LogP contribution < -0.4 is 4.74 Å². The molecule has 1 aliphatic carbocycles. The van der Waals surface area contributed by atoms with Gasteiger partial charge in [-0.25, -0.2) is 4.68 Å². The number of rotatable bonds is 9. The van der Waals surface area contributed by atoms with Crippen LogP contribution in [0.3, 0.4) is 0 Å². The number of benzene rings is 2. The molecule has 8 heteroatoms. The summed E-state index contributed by atoms with van der Waals surface area (Å²) in [5, 5.41) is 13.0. The number of aryl methyl sites for hydroxylation is 1. The highest BCUT2D eigenvalue weighted by Crippen LogP contribution is 2.34. The van der Waals surface area contributed by atoms with E-state index in [2.05, 4.69) is 17.1 Å². The minimum Gasteiger partial charge on any atom is -0.497 e. The molecule has 0 unspecified atom stereocenters. The van der Waals surface area contributed by atoms with Crippen molar-refractivity contribution in [2.75, 3.05) is 20.2 Å². The summed E-state index contributed by atoms with van der Waals surface area (Å²) in [6, 6.07) is 15.5. The second-order valence-corrected chi connectivity index (χ2v) is 9.33. The average Bonchev–Trinajstić information content (AvgIpc) is 3.52. The summed E-state index contributed by atoms with van der Waals surface area (Å²) in [4.78, 5) is 15.2. The van der Waals surface area contributed by atoms with E-state index < -0.39 is 0 Å². The van der Waals surface area contributed by atoms with E-state index in [-0.39, 0.29) is 5.91 Å². The molecule has 4 aromatic rings. The van der Waals surface area contributed by atoms with Gasteiger partial charge in [0, 0.05) is 36.7 Å². The van der Waals surface area contributed by atoms with Gasteiger partial charge in [-0.3, -0.25) is 4.79 Å². The highest BCUT2D eigenvalue weighted by atomic mass is 16.5. The van der Waals surface area contributed by atoms with Gasteiger partial charge < -0.3 is 14.1 Å². The number of methoxy groups -OCH3 is 1. The Morgan fingerprint density at radius 3 is 2.39 bits per heavy atom. The molecule has 0 saturated heterocycles. The lowest BCUT2D eigenvalue weighted by Gasteiger charge is -2.22. The second-order valence-electron chi connectivity index (χ2n) is 9.33. The van der Waals surface area contributed by atoms with Gasteiger partial charge in [-0.05, 0) is 80.6 Å². The van der Waals surface area contributed by atoms with Crippen LogP contribution in [0.15, 0.2) is 52.9 Å². The van der Waals surface area contributed by atoms with Crippen molar-refractivity contribution < 1.29 is 13.9 Å². The molecule has 0 aliphatic heterocycles. The van der Waals surface area contributed by atoms with Gasteiger partial charge in [-0.2, -0.15) is 5.10 Å². The number of aromatic nitrogens is 4. The average molecular weight is 486 g/mol. The van der Waals surface area contributed by atoms with Crippen LogP contribution in [0.1, 0.15) is 48.0 Å². The molecule has 1 amide bonds. The first-order valence-corrected chi connectivity index (χ1v) is 12.4. The predicted molar refractivity (Wildman–Crippen MR) is 137 cm³/mol. The molecule has 0 bridgehead atoms. The number of hydrogen-bond acceptors (Lipinski definition) is 6. The summed E-state index contributed by atoms with van der Waals surface area (Å²) in [6.07, 6.45) is 3.40. The van der Waals surface area contributed by atoms with Crippen LogP contribution in [0, 0.1) is 19.8 Å². The van der Waals surface area contributed by atoms with Crippen LogP contribution in [0.4, 0.5) is 0 Å². The molecule has 0 radical (unpaired) electrons. The van der Waals surface area contributed by atoms with Crippen LogP contribution >= 0.6 is 0 Å². The van der Waals surface area contributed by atoms with Gasteiger partial charge in [-0.1, -0.05) is 6.92 Å². The Hall–Kier alpha value is -3.94. The van der Waals surface area contributed by atoms with E-state index >= 15 is 0 Å². The van der Waals surface area contributed by atoms with E-state index in [0.29, 0.717) is 29.0 Å². The number of carbonyl (C=O) groups is 1. The maximum atomic E-state index is 13.2. The molecule has 5 rings (SSSR count). The number of ether oxygens (including phenoxy) is 1. The van der Waals surface area contributed by atoms with Crippen molar-refractivity contribution in [2.24, 2.45) is 5.92 Å². The van der Waals surface area contributed by atoms with Crippen molar-refractivity contribution in [1.29, 1.82) is 0 Å². The first kappa shape index (κ1) is 23.8. The van der Waals surface area contributed by atoms with Gasteiger partial charge in [-0.15, -0.1) is 10.2 Å². The minimum absolute atomic E-state index is 0.0874. The van der Waals surface area contributed by atoms with Gasteiger partial charge in [0.15, 0.2) is 5.69 Å². The number of amides is 1. The molecule has 2 aromatic heterocycles. The van der Waals surface area contributed by atoms with E-state index in [9.17, 15) is 4.79 Å². The molecule has 2 heterocycles. The standard InChI is InChI=1S/C28H31N5O3/c1-5-16-32(17-20-6-7-20)28(34)22-8-12-23(13-9-22)33-26(21-10-14-24(35-4)15-11-21)18(2)25(31-33)27-30-29-19(3)36-27/h8-15,20H,5-7,16-17H2,1-4H3. The fourth-order valence-electron chi connectivity index (χ4n) is 4.45. The first-order chi connectivity index (χ1) is 17.5. The lowest BCUT2D eigenvalue weighted by molar-refractivity contribution is 0.0747. The van der Waals surface area contributed by atoms with Gasteiger partial charge in [0.1, 0.15) is 5.75 Å². The highest BCUT2D eigenvalue weighted by Gasteiger charge is 2.27. The summed E-state index contributed by atoms with van der Waals surface area (Å²) in [5.41, 5.74) is 4.95. The van der Waals surface area contributed by atoms with Crippen LogP contribution in [0.5, 0.6) is 5.75 Å². The summed E-state index contributed by atoms with van der Waals surface area (Å²) in [6.45, 7) is 7.50. The van der Waals surface area contributed by atoms with E-state index in [1.165, 1.54) is 12.8 Å². The molecule has 2 aromatic carbocycles. The Kier molecular flexibility index (Phi) is 6.59. The molecule has 1 fully saturated rings. The molecule has 0 atom stereocenters. The summed E-state index contributed by atoms with van der Waals surface area (Å²) in [7, 11) is 1.65. The fraction of sp³-hybridized carbons (Fsp3) is 0.357. The number of nitrogens with zero attached hydrogens (tertiary/aromatic N) is 5. The summed E-state index contributed by atoms with van der Waals surface area (Å²) < 4.78 is 12.9. The molecule has 36 heavy (non-hydrogen) atoms. The molecule has 1 saturated carbocycles. The topological polar surface area (TPSA) is 86.3 Å². The maximum Gasteiger partial charge on any atom is 0.268 e. The van der Waals surface area contributed by atoms with Crippen molar-refractivity contribution >= 4 is 5.91 Å². The molecule has 0 spiro atoms. The fourth-order valence-corrected chi connectivity index (χ4v) is 4.45. The van der Waals surface area contributed by atoms with Crippen molar-refractivity contribution in [3.05, 3.63) is 65.5 Å². The zero-order chi connectivity index (χ0) is 25.2. The van der Waals surface area contributed by atoms with Gasteiger partial charge in [0.2, 0.25) is 5.89 Å². The molecular weight excluding hydrogens is 454 g/mol. The largest absolute Gasteiger partial charge is 0.497 e. The van der Waals surface area contributed by atoms with E-state index in [1.54, 1.807) is 14.0 Å². The van der Waals surface area contributed by atoms with E-state index in [1.807, 2.05) is 65.0 Å². The van der Waals surface area contributed by atoms with E-state index in [4.69, 9.17) is 14.3 Å². The second kappa shape index (κ2) is 9.97. The van der Waals surface area contributed by atoms with Crippen molar-refractivity contribution in [3.63, 3.8) is 0 Å². The van der Waals surface area contributed by atoms with Gasteiger partial charge in [0.25, 0.3) is 11.8 Å². The Morgan fingerprint density at radius 2 is 1.81 bits per heavy atom. The zero-order valence-electron chi connectivity index (χ0n) is 21.2. The smallest absolute Gasteiger partial charge is 0.268 e. The Bertz CT molecular complexity index is 1350. The Labute approximate surface area is 210 Å². The monoisotopic (exact) mass is 485 g/mol. The summed E-state index contributed by atoms with van der Waals surface area (Å²) in [5.74, 6) is 2.38. The molecule has 186 valence electrons. The third-order valence-corrected chi connectivity index (χ3v) is 6.53. The number of carbonyl (C=O) groups excluding carboxylic acids is 1. The van der Waals surface area contributed by atoms with Crippen LogP contribution in [-0.2, 0) is 0 Å². The first-order valence-electron chi connectivity index (χ1n) is 12.4. The summed E-state index contributed by atoms with van der Waals surface area (Å²) >= 11 is 0. The van der Waals surface area contributed by atoms with Crippen molar-refractivity contribution in [2.45, 2.75) is 40.0 Å². The maximum absolute atomic E-state index is 13.2. The van der Waals surface area contributed by atoms with Crippen LogP contribution in [0.25, 0.3) is 28.5 Å². The third kappa shape index (κ3) is 4.76. The lowest BCUT2D eigenvalue weighted by Crippen LogP contribution is -2.33. The lowest BCUT2D eigenvalue weighted by atomic mass is 10.1. The molecule has 8 nitrogen and oxygen atoms in total. The predicted octanol–water partition coefficient (Wildman–Crippen LogP) is 5.48. The SMILES string of the molecule is CCCN(CC1CC1)C(=O)c1ccc(-n2nc(-c3nnc(C)o3)c(C)c2-c2ccc(OC)cc2)cc1. The molecule has 1 aliphatic rings. The molecular formula is C28H31N5O3. The Morgan fingerprint density at radius 1 is 1.08 bits per heavy atom. The van der Waals surface area contributed by atoms with Crippen LogP contribution in [-0.4, -0.2) is 51.0 Å². The third-order valence-electron chi connectivity index (χ3n) is 6.53. The number of hydrogen-bond donors (Lipinski definition) is 0. The van der Waals surface area contributed by atoms with Crippen LogP contribution in [0.2, 0.25) is 0 Å². The Balaban J connectivity index is 1.53. The minimum atomic E-state index is 0.0874. The van der Waals surface area contributed by atoms with Gasteiger partial charge >= 0.3 is 0 Å². The normalized spacial score (nSPS) is 13.1. The van der Waals surface area contributed by atoms with E-state index in [0.717, 1.165) is 47.8 Å².